The summed E-state index contributed by atoms with van der Waals surface area (Å²) < 4.78 is 10.7. The van der Waals surface area contributed by atoms with E-state index in [0.29, 0.717) is 17.9 Å². The van der Waals surface area contributed by atoms with Crippen molar-refractivity contribution in [1.29, 1.82) is 0 Å². The summed E-state index contributed by atoms with van der Waals surface area (Å²) in [4.78, 5) is 8.53. The fourth-order valence-corrected chi connectivity index (χ4v) is 1.94. The predicted molar refractivity (Wildman–Crippen MR) is 65.4 cm³/mol. The zero-order chi connectivity index (χ0) is 12.1. The van der Waals surface area contributed by atoms with E-state index in [2.05, 4.69) is 15.3 Å². The minimum Gasteiger partial charge on any atom is -0.481 e. The molecule has 0 aromatic carbocycles. The number of rotatable bonds is 5. The minimum absolute atomic E-state index is 0.397. The Kier molecular flexibility index (Phi) is 4.14. The average Bonchev–Trinajstić information content (AvgIpc) is 2.81. The van der Waals surface area contributed by atoms with Crippen LogP contribution in [-0.4, -0.2) is 36.3 Å². The topological polar surface area (TPSA) is 56.3 Å². The summed E-state index contributed by atoms with van der Waals surface area (Å²) in [5, 5.41) is 3.20. The van der Waals surface area contributed by atoms with Gasteiger partial charge in [0.1, 0.15) is 0 Å². The molecule has 2 rings (SSSR count). The van der Waals surface area contributed by atoms with Crippen LogP contribution in [0.2, 0.25) is 0 Å². The Morgan fingerprint density at radius 1 is 1.53 bits per heavy atom. The highest BCUT2D eigenvalue weighted by atomic mass is 16.5. The second kappa shape index (κ2) is 5.82. The lowest BCUT2D eigenvalue weighted by Crippen LogP contribution is -2.14. The molecule has 17 heavy (non-hydrogen) atoms. The summed E-state index contributed by atoms with van der Waals surface area (Å²) in [6.45, 7) is 3.66. The summed E-state index contributed by atoms with van der Waals surface area (Å²) in [5.74, 6) is 1.22. The normalized spacial score (nSPS) is 19.3. The number of hydrogen-bond donors (Lipinski definition) is 1. The highest BCUT2D eigenvalue weighted by Crippen LogP contribution is 2.16. The standard InChI is InChI=1S/C12H19N3O2/c1-9-8-11(16-2)15-12(14-9)13-6-5-10-4-3-7-17-10/h8,10H,3-7H2,1-2H3,(H,13,14,15). The van der Waals surface area contributed by atoms with E-state index in [4.69, 9.17) is 9.47 Å². The molecule has 94 valence electrons. The molecule has 1 atom stereocenters. The van der Waals surface area contributed by atoms with Gasteiger partial charge in [0.05, 0.1) is 13.2 Å². The van der Waals surface area contributed by atoms with Gasteiger partial charge in [0.15, 0.2) is 0 Å². The fourth-order valence-electron chi connectivity index (χ4n) is 1.94. The van der Waals surface area contributed by atoms with Crippen LogP contribution in [0.5, 0.6) is 5.88 Å². The third-order valence-corrected chi connectivity index (χ3v) is 2.81. The van der Waals surface area contributed by atoms with Gasteiger partial charge in [-0.2, -0.15) is 4.98 Å². The van der Waals surface area contributed by atoms with Crippen molar-refractivity contribution in [3.05, 3.63) is 11.8 Å². The molecule has 1 aromatic heterocycles. The SMILES string of the molecule is COc1cc(C)nc(NCCC2CCCO2)n1. The number of nitrogens with zero attached hydrogens (tertiary/aromatic N) is 2. The Morgan fingerprint density at radius 2 is 2.41 bits per heavy atom. The van der Waals surface area contributed by atoms with E-state index in [1.54, 1.807) is 7.11 Å². The molecule has 2 heterocycles. The lowest BCUT2D eigenvalue weighted by atomic mass is 10.2. The van der Waals surface area contributed by atoms with Crippen LogP contribution in [0.1, 0.15) is 25.0 Å². The van der Waals surface area contributed by atoms with Gasteiger partial charge in [0.25, 0.3) is 0 Å². The Labute approximate surface area is 102 Å². The molecule has 5 heteroatoms. The van der Waals surface area contributed by atoms with Gasteiger partial charge in [0.2, 0.25) is 11.8 Å². The molecule has 1 fully saturated rings. The maximum absolute atomic E-state index is 5.55. The van der Waals surface area contributed by atoms with Crippen molar-refractivity contribution >= 4 is 5.95 Å². The molecule has 1 saturated heterocycles. The molecule has 5 nitrogen and oxygen atoms in total. The fraction of sp³-hybridized carbons (Fsp3) is 0.667. The second-order valence-corrected chi connectivity index (χ2v) is 4.23. The molecule has 1 aromatic rings. The van der Waals surface area contributed by atoms with Gasteiger partial charge >= 0.3 is 0 Å². The summed E-state index contributed by atoms with van der Waals surface area (Å²) in [6.07, 6.45) is 3.74. The van der Waals surface area contributed by atoms with Crippen LogP contribution in [-0.2, 0) is 4.74 Å². The van der Waals surface area contributed by atoms with Gasteiger partial charge in [-0.25, -0.2) is 4.98 Å². The van der Waals surface area contributed by atoms with E-state index < -0.39 is 0 Å². The van der Waals surface area contributed by atoms with E-state index in [9.17, 15) is 0 Å². The minimum atomic E-state index is 0.397. The number of aromatic nitrogens is 2. The van der Waals surface area contributed by atoms with Gasteiger partial charge in [0, 0.05) is 24.9 Å². The van der Waals surface area contributed by atoms with Crippen molar-refractivity contribution in [3.63, 3.8) is 0 Å². The monoisotopic (exact) mass is 237 g/mol. The molecule has 0 bridgehead atoms. The first-order valence-corrected chi connectivity index (χ1v) is 6.03. The van der Waals surface area contributed by atoms with Crippen LogP contribution in [0.4, 0.5) is 5.95 Å². The van der Waals surface area contributed by atoms with Crippen molar-refractivity contribution in [3.8, 4) is 5.88 Å². The van der Waals surface area contributed by atoms with E-state index in [1.807, 2.05) is 13.0 Å². The van der Waals surface area contributed by atoms with Gasteiger partial charge in [-0.3, -0.25) is 0 Å². The highest BCUT2D eigenvalue weighted by molar-refractivity contribution is 5.30. The van der Waals surface area contributed by atoms with Gasteiger partial charge in [-0.1, -0.05) is 0 Å². The van der Waals surface area contributed by atoms with Crippen molar-refractivity contribution in [1.82, 2.24) is 9.97 Å². The Hall–Kier alpha value is -1.36. The predicted octanol–water partition coefficient (Wildman–Crippen LogP) is 1.77. The maximum atomic E-state index is 5.55. The summed E-state index contributed by atoms with van der Waals surface area (Å²) in [5.41, 5.74) is 0.900. The second-order valence-electron chi connectivity index (χ2n) is 4.23. The van der Waals surface area contributed by atoms with Gasteiger partial charge in [-0.15, -0.1) is 0 Å². The van der Waals surface area contributed by atoms with Gasteiger partial charge < -0.3 is 14.8 Å². The van der Waals surface area contributed by atoms with E-state index >= 15 is 0 Å². The average molecular weight is 237 g/mol. The zero-order valence-electron chi connectivity index (χ0n) is 10.4. The van der Waals surface area contributed by atoms with Crippen LogP contribution >= 0.6 is 0 Å². The van der Waals surface area contributed by atoms with E-state index in [0.717, 1.165) is 25.3 Å². The van der Waals surface area contributed by atoms with E-state index in [-0.39, 0.29) is 0 Å². The first-order chi connectivity index (χ1) is 8.28. The molecule has 1 N–H and O–H groups in total. The van der Waals surface area contributed by atoms with Crippen LogP contribution in [0, 0.1) is 6.92 Å². The van der Waals surface area contributed by atoms with Crippen LogP contribution in [0.3, 0.4) is 0 Å². The lowest BCUT2D eigenvalue weighted by molar-refractivity contribution is 0.107. The highest BCUT2D eigenvalue weighted by Gasteiger charge is 2.14. The summed E-state index contributed by atoms with van der Waals surface area (Å²) in [7, 11) is 1.61. The van der Waals surface area contributed by atoms with Gasteiger partial charge in [-0.05, 0) is 26.2 Å². The number of hydrogen-bond acceptors (Lipinski definition) is 5. The molecule has 0 spiro atoms. The maximum Gasteiger partial charge on any atom is 0.226 e. The molecule has 1 unspecified atom stereocenters. The third kappa shape index (κ3) is 3.56. The zero-order valence-corrected chi connectivity index (χ0v) is 10.4. The summed E-state index contributed by atoms with van der Waals surface area (Å²) >= 11 is 0. The first kappa shape index (κ1) is 12.1. The molecular formula is C12H19N3O2. The molecule has 0 saturated carbocycles. The smallest absolute Gasteiger partial charge is 0.226 e. The van der Waals surface area contributed by atoms with Crippen molar-refractivity contribution < 1.29 is 9.47 Å². The Bertz CT molecular complexity index is 365. The number of nitrogens with one attached hydrogen (secondary N) is 1. The number of aryl methyl sites for hydroxylation is 1. The van der Waals surface area contributed by atoms with Crippen LogP contribution < -0.4 is 10.1 Å². The molecule has 0 radical (unpaired) electrons. The van der Waals surface area contributed by atoms with E-state index in [1.165, 1.54) is 12.8 Å². The Balaban J connectivity index is 1.83. The quantitative estimate of drug-likeness (QED) is 0.846. The first-order valence-electron chi connectivity index (χ1n) is 6.03. The largest absolute Gasteiger partial charge is 0.481 e. The summed E-state index contributed by atoms with van der Waals surface area (Å²) in [6, 6.07) is 1.81. The lowest BCUT2D eigenvalue weighted by Gasteiger charge is -2.10. The number of anilines is 1. The third-order valence-electron chi connectivity index (χ3n) is 2.81. The van der Waals surface area contributed by atoms with Crippen molar-refractivity contribution in [2.75, 3.05) is 25.6 Å². The molecular weight excluding hydrogens is 218 g/mol. The molecule has 1 aliphatic rings. The van der Waals surface area contributed by atoms with Crippen molar-refractivity contribution in [2.24, 2.45) is 0 Å². The number of methoxy groups -OCH3 is 1. The van der Waals surface area contributed by atoms with Crippen LogP contribution in [0.25, 0.3) is 0 Å². The molecule has 0 amide bonds. The number of ether oxygens (including phenoxy) is 2. The Morgan fingerprint density at radius 3 is 3.12 bits per heavy atom. The molecule has 0 aliphatic carbocycles. The molecule has 1 aliphatic heterocycles. The van der Waals surface area contributed by atoms with Crippen LogP contribution in [0.15, 0.2) is 6.07 Å². The van der Waals surface area contributed by atoms with Crippen molar-refractivity contribution in [2.45, 2.75) is 32.3 Å².